The second-order valence-corrected chi connectivity index (χ2v) is 6.41. The fraction of sp³-hybridized carbons (Fsp3) is 0.333. The van der Waals surface area contributed by atoms with Gasteiger partial charge in [-0.3, -0.25) is 0 Å². The molecule has 0 radical (unpaired) electrons. The van der Waals surface area contributed by atoms with E-state index in [4.69, 9.17) is 4.52 Å². The van der Waals surface area contributed by atoms with Gasteiger partial charge in [-0.15, -0.1) is 0 Å². The zero-order valence-electron chi connectivity index (χ0n) is 10.1. The molecule has 0 spiro atoms. The summed E-state index contributed by atoms with van der Waals surface area (Å²) in [6.45, 7) is 0.594. The summed E-state index contributed by atoms with van der Waals surface area (Å²) in [5, 5.41) is 6.75. The number of rotatable bonds is 4. The van der Waals surface area contributed by atoms with E-state index in [9.17, 15) is 8.42 Å². The Morgan fingerprint density at radius 2 is 2.21 bits per heavy atom. The number of benzene rings is 1. The van der Waals surface area contributed by atoms with Gasteiger partial charge in [0.1, 0.15) is 0 Å². The molecule has 1 aromatic heterocycles. The molecule has 19 heavy (non-hydrogen) atoms. The summed E-state index contributed by atoms with van der Waals surface area (Å²) in [6.07, 6.45) is 1.93. The van der Waals surface area contributed by atoms with Crippen molar-refractivity contribution < 1.29 is 12.9 Å². The molecular weight excluding hydrogens is 266 g/mol. The minimum atomic E-state index is -3.15. The van der Waals surface area contributed by atoms with E-state index in [1.165, 1.54) is 6.33 Å². The van der Waals surface area contributed by atoms with Crippen molar-refractivity contribution in [2.45, 2.75) is 17.4 Å². The van der Waals surface area contributed by atoms with E-state index in [2.05, 4.69) is 15.5 Å². The lowest BCUT2D eigenvalue weighted by Crippen LogP contribution is -2.25. The van der Waals surface area contributed by atoms with Crippen LogP contribution in [0, 0.1) is 0 Å². The fourth-order valence-electron chi connectivity index (χ4n) is 2.28. The van der Waals surface area contributed by atoms with E-state index in [-0.39, 0.29) is 11.8 Å². The van der Waals surface area contributed by atoms with E-state index in [1.807, 2.05) is 12.1 Å². The van der Waals surface area contributed by atoms with E-state index in [0.29, 0.717) is 23.8 Å². The highest BCUT2D eigenvalue weighted by Gasteiger charge is 2.33. The van der Waals surface area contributed by atoms with E-state index < -0.39 is 9.84 Å². The van der Waals surface area contributed by atoms with Gasteiger partial charge in [0, 0.05) is 19.0 Å². The first-order valence-electron chi connectivity index (χ1n) is 5.97. The van der Waals surface area contributed by atoms with Crippen LogP contribution in [-0.4, -0.2) is 30.9 Å². The summed E-state index contributed by atoms with van der Waals surface area (Å²) in [7, 11) is -3.15. The van der Waals surface area contributed by atoms with E-state index >= 15 is 0 Å². The van der Waals surface area contributed by atoms with Crippen LogP contribution in [0.4, 0.5) is 0 Å². The maximum absolute atomic E-state index is 12.0. The minimum absolute atomic E-state index is 0.107. The second kappa shape index (κ2) is 4.75. The molecule has 100 valence electrons. The number of aromatic nitrogens is 2. The van der Waals surface area contributed by atoms with Gasteiger partial charge in [-0.2, -0.15) is 4.98 Å². The van der Waals surface area contributed by atoms with Crippen molar-refractivity contribution in [1.82, 2.24) is 15.5 Å². The van der Waals surface area contributed by atoms with Crippen LogP contribution in [0.1, 0.15) is 17.5 Å². The van der Waals surface area contributed by atoms with Crippen molar-refractivity contribution in [3.05, 3.63) is 42.0 Å². The van der Waals surface area contributed by atoms with Gasteiger partial charge in [-0.25, -0.2) is 8.42 Å². The number of fused-ring (bicyclic) bond motifs is 1. The van der Waals surface area contributed by atoms with Crippen LogP contribution in [0.3, 0.4) is 0 Å². The highest BCUT2D eigenvalue weighted by molar-refractivity contribution is 7.91. The SMILES string of the molecule is O=S1(=O)CC(NCCc2ncno2)c2ccccc21. The third kappa shape index (κ3) is 2.39. The lowest BCUT2D eigenvalue weighted by molar-refractivity contribution is 0.372. The molecule has 7 heteroatoms. The zero-order chi connectivity index (χ0) is 13.3. The summed E-state index contributed by atoms with van der Waals surface area (Å²) in [5.41, 5.74) is 0.841. The molecule has 0 saturated heterocycles. The molecule has 0 amide bonds. The molecule has 6 nitrogen and oxygen atoms in total. The Bertz CT molecular complexity index is 667. The Morgan fingerprint density at radius 1 is 1.37 bits per heavy atom. The van der Waals surface area contributed by atoms with Crippen molar-refractivity contribution in [1.29, 1.82) is 0 Å². The van der Waals surface area contributed by atoms with Gasteiger partial charge >= 0.3 is 0 Å². The highest BCUT2D eigenvalue weighted by atomic mass is 32.2. The quantitative estimate of drug-likeness (QED) is 0.888. The number of hydrogen-bond donors (Lipinski definition) is 1. The van der Waals surface area contributed by atoms with Crippen molar-refractivity contribution in [2.75, 3.05) is 12.3 Å². The van der Waals surface area contributed by atoms with Crippen LogP contribution >= 0.6 is 0 Å². The Labute approximate surface area is 110 Å². The van der Waals surface area contributed by atoms with Crippen LogP contribution in [0.2, 0.25) is 0 Å². The molecule has 1 aromatic carbocycles. The van der Waals surface area contributed by atoms with Crippen molar-refractivity contribution in [3.8, 4) is 0 Å². The third-order valence-corrected chi connectivity index (χ3v) is 4.97. The van der Waals surface area contributed by atoms with Gasteiger partial charge in [-0.1, -0.05) is 23.4 Å². The summed E-state index contributed by atoms with van der Waals surface area (Å²) < 4.78 is 28.8. The zero-order valence-corrected chi connectivity index (χ0v) is 10.9. The summed E-state index contributed by atoms with van der Waals surface area (Å²) >= 11 is 0. The van der Waals surface area contributed by atoms with Gasteiger partial charge in [0.15, 0.2) is 16.2 Å². The molecule has 1 aliphatic rings. The van der Waals surface area contributed by atoms with Crippen LogP contribution in [0.5, 0.6) is 0 Å². The molecular formula is C12H13N3O3S. The maximum atomic E-state index is 12.0. The van der Waals surface area contributed by atoms with Gasteiger partial charge < -0.3 is 9.84 Å². The second-order valence-electron chi connectivity index (χ2n) is 4.41. The third-order valence-electron chi connectivity index (χ3n) is 3.15. The van der Waals surface area contributed by atoms with E-state index in [1.54, 1.807) is 12.1 Å². The monoisotopic (exact) mass is 279 g/mol. The summed E-state index contributed by atoms with van der Waals surface area (Å²) in [5.74, 6) is 0.651. The molecule has 1 atom stereocenters. The topological polar surface area (TPSA) is 85.1 Å². The van der Waals surface area contributed by atoms with Crippen molar-refractivity contribution >= 4 is 9.84 Å². The minimum Gasteiger partial charge on any atom is -0.340 e. The first kappa shape index (κ1) is 12.3. The van der Waals surface area contributed by atoms with Crippen LogP contribution in [0.15, 0.2) is 40.0 Å². The highest BCUT2D eigenvalue weighted by Crippen LogP contribution is 2.32. The predicted octanol–water partition coefficient (Wildman–Crippen LogP) is 0.730. The lowest BCUT2D eigenvalue weighted by atomic mass is 10.1. The molecule has 1 aliphatic heterocycles. The molecule has 0 aliphatic carbocycles. The van der Waals surface area contributed by atoms with Crippen molar-refractivity contribution in [2.24, 2.45) is 0 Å². The van der Waals surface area contributed by atoms with Gasteiger partial charge in [0.05, 0.1) is 10.6 Å². The Hall–Kier alpha value is -1.73. The normalized spacial score (nSPS) is 20.3. The molecule has 1 N–H and O–H groups in total. The Balaban J connectivity index is 1.70. The Kier molecular flexibility index (Phi) is 3.08. The predicted molar refractivity (Wildman–Crippen MR) is 67.2 cm³/mol. The van der Waals surface area contributed by atoms with Gasteiger partial charge in [0.25, 0.3) is 0 Å². The Morgan fingerprint density at radius 3 is 3.00 bits per heavy atom. The summed E-state index contributed by atoms with van der Waals surface area (Å²) in [6, 6.07) is 6.95. The molecule has 3 rings (SSSR count). The van der Waals surface area contributed by atoms with Crippen LogP contribution in [0.25, 0.3) is 0 Å². The van der Waals surface area contributed by atoms with Crippen LogP contribution in [-0.2, 0) is 16.3 Å². The lowest BCUT2D eigenvalue weighted by Gasteiger charge is -2.11. The van der Waals surface area contributed by atoms with Crippen molar-refractivity contribution in [3.63, 3.8) is 0 Å². The number of nitrogens with one attached hydrogen (secondary N) is 1. The van der Waals surface area contributed by atoms with Gasteiger partial charge in [0.2, 0.25) is 5.89 Å². The number of sulfone groups is 1. The van der Waals surface area contributed by atoms with Gasteiger partial charge in [-0.05, 0) is 11.6 Å². The number of hydrogen-bond acceptors (Lipinski definition) is 6. The van der Waals surface area contributed by atoms with Crippen LogP contribution < -0.4 is 5.32 Å². The average molecular weight is 279 g/mol. The molecule has 2 aromatic rings. The largest absolute Gasteiger partial charge is 0.340 e. The molecule has 2 heterocycles. The number of nitrogens with zero attached hydrogens (tertiary/aromatic N) is 2. The standard InChI is InChI=1S/C12H13N3O3S/c16-19(17)7-10(9-3-1-2-4-11(9)19)13-6-5-12-14-8-15-18-12/h1-4,8,10,13H,5-7H2. The molecule has 0 saturated carbocycles. The molecule has 1 unspecified atom stereocenters. The average Bonchev–Trinajstić information content (AvgIpc) is 2.98. The first-order valence-corrected chi connectivity index (χ1v) is 7.63. The molecule has 0 bridgehead atoms. The smallest absolute Gasteiger partial charge is 0.227 e. The first-order chi connectivity index (χ1) is 9.17. The van der Waals surface area contributed by atoms with E-state index in [0.717, 1.165) is 5.56 Å². The maximum Gasteiger partial charge on any atom is 0.227 e. The molecule has 0 fully saturated rings. The fourth-order valence-corrected chi connectivity index (χ4v) is 4.05. The summed E-state index contributed by atoms with van der Waals surface area (Å²) in [4.78, 5) is 4.35.